The lowest BCUT2D eigenvalue weighted by Gasteiger charge is -2.29. The van der Waals surface area contributed by atoms with Crippen LogP contribution in [0.25, 0.3) is 5.69 Å². The SMILES string of the molecule is COc1cccc(-n2nnc(C(=O)NCC(c3ccccc3OC)N3CCCC3)c2C)c1. The van der Waals surface area contributed by atoms with Crippen molar-refractivity contribution < 1.29 is 14.3 Å². The van der Waals surface area contributed by atoms with Gasteiger partial charge in [-0.05, 0) is 51.1 Å². The molecule has 1 N–H and O–H groups in total. The van der Waals surface area contributed by atoms with E-state index in [4.69, 9.17) is 9.47 Å². The molecule has 168 valence electrons. The third kappa shape index (κ3) is 4.45. The summed E-state index contributed by atoms with van der Waals surface area (Å²) in [7, 11) is 3.30. The molecule has 8 heteroatoms. The Morgan fingerprint density at radius 1 is 1.09 bits per heavy atom. The van der Waals surface area contributed by atoms with Crippen LogP contribution < -0.4 is 14.8 Å². The van der Waals surface area contributed by atoms with Crippen LogP contribution in [0.5, 0.6) is 11.5 Å². The molecule has 2 heterocycles. The van der Waals surface area contributed by atoms with Gasteiger partial charge in [-0.1, -0.05) is 29.5 Å². The molecule has 1 amide bonds. The zero-order valence-corrected chi connectivity index (χ0v) is 18.7. The Balaban J connectivity index is 1.53. The fraction of sp³-hybridized carbons (Fsp3) is 0.375. The third-order valence-electron chi connectivity index (χ3n) is 5.94. The molecule has 1 aromatic heterocycles. The number of rotatable bonds is 8. The second-order valence-electron chi connectivity index (χ2n) is 7.85. The zero-order valence-electron chi connectivity index (χ0n) is 18.7. The number of carbonyl (C=O) groups excluding carboxylic acids is 1. The van der Waals surface area contributed by atoms with E-state index in [-0.39, 0.29) is 11.9 Å². The number of amides is 1. The minimum Gasteiger partial charge on any atom is -0.497 e. The lowest BCUT2D eigenvalue weighted by molar-refractivity contribution is 0.0931. The van der Waals surface area contributed by atoms with Gasteiger partial charge < -0.3 is 14.8 Å². The van der Waals surface area contributed by atoms with Gasteiger partial charge in [0.1, 0.15) is 11.5 Å². The summed E-state index contributed by atoms with van der Waals surface area (Å²) in [6.07, 6.45) is 2.32. The number of hydrogen-bond acceptors (Lipinski definition) is 6. The van der Waals surface area contributed by atoms with E-state index in [1.165, 1.54) is 0 Å². The molecule has 8 nitrogen and oxygen atoms in total. The summed E-state index contributed by atoms with van der Waals surface area (Å²) in [6, 6.07) is 15.5. The Morgan fingerprint density at radius 2 is 1.88 bits per heavy atom. The Morgan fingerprint density at radius 3 is 2.62 bits per heavy atom. The van der Waals surface area contributed by atoms with Crippen LogP contribution in [0.1, 0.15) is 40.6 Å². The van der Waals surface area contributed by atoms with E-state index in [1.54, 1.807) is 18.9 Å². The van der Waals surface area contributed by atoms with E-state index >= 15 is 0 Å². The van der Waals surface area contributed by atoms with Crippen LogP contribution in [0, 0.1) is 6.92 Å². The van der Waals surface area contributed by atoms with E-state index < -0.39 is 0 Å². The van der Waals surface area contributed by atoms with E-state index in [1.807, 2.05) is 49.4 Å². The molecule has 32 heavy (non-hydrogen) atoms. The summed E-state index contributed by atoms with van der Waals surface area (Å²) in [6.45, 7) is 4.31. The van der Waals surface area contributed by atoms with Crippen LogP contribution in [0.3, 0.4) is 0 Å². The number of likely N-dealkylation sites (tertiary alicyclic amines) is 1. The largest absolute Gasteiger partial charge is 0.497 e. The molecule has 1 aliphatic heterocycles. The van der Waals surface area contributed by atoms with Crippen molar-refractivity contribution in [3.63, 3.8) is 0 Å². The van der Waals surface area contributed by atoms with E-state index in [0.29, 0.717) is 23.7 Å². The number of methoxy groups -OCH3 is 2. The minimum atomic E-state index is -0.240. The van der Waals surface area contributed by atoms with Gasteiger partial charge in [0.05, 0.1) is 31.6 Å². The van der Waals surface area contributed by atoms with Gasteiger partial charge in [0.25, 0.3) is 5.91 Å². The molecule has 1 unspecified atom stereocenters. The van der Waals surface area contributed by atoms with Gasteiger partial charge in [0, 0.05) is 18.2 Å². The van der Waals surface area contributed by atoms with Crippen LogP contribution in [0.15, 0.2) is 48.5 Å². The number of carbonyl (C=O) groups is 1. The molecule has 0 aliphatic carbocycles. The second-order valence-corrected chi connectivity index (χ2v) is 7.85. The molecule has 3 aromatic rings. The van der Waals surface area contributed by atoms with Crippen molar-refractivity contribution in [1.82, 2.24) is 25.2 Å². The molecule has 0 bridgehead atoms. The highest BCUT2D eigenvalue weighted by molar-refractivity contribution is 5.93. The first-order chi connectivity index (χ1) is 15.6. The van der Waals surface area contributed by atoms with Crippen LogP contribution in [-0.2, 0) is 0 Å². The van der Waals surface area contributed by atoms with Gasteiger partial charge >= 0.3 is 0 Å². The fourth-order valence-corrected chi connectivity index (χ4v) is 4.23. The van der Waals surface area contributed by atoms with E-state index in [9.17, 15) is 4.79 Å². The van der Waals surface area contributed by atoms with Crippen LogP contribution in [0.4, 0.5) is 0 Å². The number of aromatic nitrogens is 3. The maximum absolute atomic E-state index is 13.0. The molecule has 2 aromatic carbocycles. The van der Waals surface area contributed by atoms with Crippen molar-refractivity contribution in [3.8, 4) is 17.2 Å². The Labute approximate surface area is 188 Å². The lowest BCUT2D eigenvalue weighted by Crippen LogP contribution is -2.37. The summed E-state index contributed by atoms with van der Waals surface area (Å²) in [4.78, 5) is 15.4. The summed E-state index contributed by atoms with van der Waals surface area (Å²) in [5, 5.41) is 11.4. The van der Waals surface area contributed by atoms with Gasteiger partial charge in [-0.15, -0.1) is 5.10 Å². The second kappa shape index (κ2) is 9.82. The first-order valence-electron chi connectivity index (χ1n) is 10.8. The highest BCUT2D eigenvalue weighted by atomic mass is 16.5. The summed E-state index contributed by atoms with van der Waals surface area (Å²) >= 11 is 0. The fourth-order valence-electron chi connectivity index (χ4n) is 4.23. The number of benzene rings is 2. The highest BCUT2D eigenvalue weighted by Crippen LogP contribution is 2.31. The molecule has 1 aliphatic rings. The standard InChI is InChI=1S/C24H29N5O3/c1-17-23(26-27-29(17)18-9-8-10-19(15-18)31-2)24(30)25-16-21(28-13-6-7-14-28)20-11-4-5-12-22(20)32-3/h4-5,8-12,15,21H,6-7,13-14,16H2,1-3H3,(H,25,30). The highest BCUT2D eigenvalue weighted by Gasteiger charge is 2.27. The monoisotopic (exact) mass is 435 g/mol. The number of hydrogen-bond donors (Lipinski definition) is 1. The van der Waals surface area contributed by atoms with Crippen molar-refractivity contribution >= 4 is 5.91 Å². The van der Waals surface area contributed by atoms with Gasteiger partial charge in [0.2, 0.25) is 0 Å². The molecular formula is C24H29N5O3. The van der Waals surface area contributed by atoms with Crippen molar-refractivity contribution in [1.29, 1.82) is 0 Å². The van der Waals surface area contributed by atoms with Gasteiger partial charge in [0.15, 0.2) is 5.69 Å². The predicted octanol–water partition coefficient (Wildman–Crippen LogP) is 3.16. The van der Waals surface area contributed by atoms with Gasteiger partial charge in [-0.3, -0.25) is 9.69 Å². The summed E-state index contributed by atoms with van der Waals surface area (Å²) < 4.78 is 12.5. The average Bonchev–Trinajstić information content (AvgIpc) is 3.49. The van der Waals surface area contributed by atoms with Crippen LogP contribution >= 0.6 is 0 Å². The predicted molar refractivity (Wildman–Crippen MR) is 122 cm³/mol. The lowest BCUT2D eigenvalue weighted by atomic mass is 10.0. The van der Waals surface area contributed by atoms with Crippen LogP contribution in [-0.4, -0.2) is 59.7 Å². The normalized spacial score (nSPS) is 14.8. The topological polar surface area (TPSA) is 81.5 Å². The Kier molecular flexibility index (Phi) is 6.70. The summed E-state index contributed by atoms with van der Waals surface area (Å²) in [5.41, 5.74) is 2.85. The van der Waals surface area contributed by atoms with Crippen molar-refractivity contribution in [2.24, 2.45) is 0 Å². The number of nitrogens with zero attached hydrogens (tertiary/aromatic N) is 4. The molecule has 0 radical (unpaired) electrons. The quantitative estimate of drug-likeness (QED) is 0.585. The van der Waals surface area contributed by atoms with Gasteiger partial charge in [-0.2, -0.15) is 0 Å². The smallest absolute Gasteiger partial charge is 0.273 e. The zero-order chi connectivity index (χ0) is 22.5. The average molecular weight is 436 g/mol. The van der Waals surface area contributed by atoms with Gasteiger partial charge in [-0.25, -0.2) is 4.68 Å². The molecule has 1 atom stereocenters. The number of nitrogens with one attached hydrogen (secondary N) is 1. The maximum Gasteiger partial charge on any atom is 0.273 e. The maximum atomic E-state index is 13.0. The molecule has 0 saturated carbocycles. The first-order valence-corrected chi connectivity index (χ1v) is 10.8. The molecule has 1 saturated heterocycles. The Hall–Kier alpha value is -3.39. The number of para-hydroxylation sites is 1. The Bertz CT molecular complexity index is 1080. The molecule has 1 fully saturated rings. The van der Waals surface area contributed by atoms with Crippen LogP contribution in [0.2, 0.25) is 0 Å². The van der Waals surface area contributed by atoms with E-state index in [0.717, 1.165) is 42.9 Å². The third-order valence-corrected chi connectivity index (χ3v) is 5.94. The number of ether oxygens (including phenoxy) is 2. The summed E-state index contributed by atoms with van der Waals surface area (Å²) in [5.74, 6) is 1.31. The first kappa shape index (κ1) is 21.8. The van der Waals surface area contributed by atoms with Crippen molar-refractivity contribution in [2.75, 3.05) is 33.9 Å². The molecular weight excluding hydrogens is 406 g/mol. The molecule has 4 rings (SSSR count). The minimum absolute atomic E-state index is 0.0336. The molecule has 0 spiro atoms. The van der Waals surface area contributed by atoms with E-state index in [2.05, 4.69) is 26.6 Å². The van der Waals surface area contributed by atoms with Crippen molar-refractivity contribution in [2.45, 2.75) is 25.8 Å². The van der Waals surface area contributed by atoms with Crippen molar-refractivity contribution in [3.05, 3.63) is 65.5 Å².